The third kappa shape index (κ3) is 2.99. The van der Waals surface area contributed by atoms with E-state index in [9.17, 15) is 4.79 Å². The maximum Gasteiger partial charge on any atom is 0.289 e. The van der Waals surface area contributed by atoms with E-state index in [4.69, 9.17) is 25.5 Å². The van der Waals surface area contributed by atoms with Crippen LogP contribution in [-0.2, 0) is 6.54 Å². The molecule has 0 saturated carbocycles. The second kappa shape index (κ2) is 6.57. The summed E-state index contributed by atoms with van der Waals surface area (Å²) < 4.78 is 16.9. The standard InChI is InChI=1S/C20H18ClNO4/c1-12-15-10-14(21)4-6-16(15)26-19(12)20(23)22(2)11-13-3-5-17-18(9-13)25-8-7-24-17/h3-6,9-10H,7-8,11H2,1-2H3. The predicted octanol–water partition coefficient (Wildman–Crippen LogP) is 4.44. The van der Waals surface area contributed by atoms with Gasteiger partial charge in [0.25, 0.3) is 5.91 Å². The Balaban J connectivity index is 1.57. The minimum Gasteiger partial charge on any atom is -0.486 e. The second-order valence-corrected chi connectivity index (χ2v) is 6.77. The van der Waals surface area contributed by atoms with Crippen molar-refractivity contribution in [1.29, 1.82) is 0 Å². The Kier molecular flexibility index (Phi) is 4.24. The summed E-state index contributed by atoms with van der Waals surface area (Å²) >= 11 is 6.05. The van der Waals surface area contributed by atoms with Crippen LogP contribution in [0.15, 0.2) is 40.8 Å². The van der Waals surface area contributed by atoms with Gasteiger partial charge in [-0.25, -0.2) is 0 Å². The minimum atomic E-state index is -0.176. The summed E-state index contributed by atoms with van der Waals surface area (Å²) in [6, 6.07) is 11.1. The van der Waals surface area contributed by atoms with Crippen LogP contribution >= 0.6 is 11.6 Å². The van der Waals surface area contributed by atoms with Crippen LogP contribution in [0.3, 0.4) is 0 Å². The van der Waals surface area contributed by atoms with Gasteiger partial charge < -0.3 is 18.8 Å². The lowest BCUT2D eigenvalue weighted by Crippen LogP contribution is -2.26. The van der Waals surface area contributed by atoms with Crippen molar-refractivity contribution in [3.8, 4) is 11.5 Å². The average Bonchev–Trinajstić information content (AvgIpc) is 2.97. The van der Waals surface area contributed by atoms with Crippen LogP contribution in [-0.4, -0.2) is 31.1 Å². The molecule has 4 rings (SSSR count). The van der Waals surface area contributed by atoms with Crippen molar-refractivity contribution in [2.24, 2.45) is 0 Å². The van der Waals surface area contributed by atoms with E-state index in [0.717, 1.165) is 22.3 Å². The van der Waals surface area contributed by atoms with Crippen LogP contribution in [0.4, 0.5) is 0 Å². The molecule has 6 heteroatoms. The molecule has 0 radical (unpaired) electrons. The Morgan fingerprint density at radius 2 is 1.88 bits per heavy atom. The van der Waals surface area contributed by atoms with E-state index in [0.29, 0.717) is 41.9 Å². The maximum atomic E-state index is 12.9. The highest BCUT2D eigenvalue weighted by Crippen LogP contribution is 2.32. The van der Waals surface area contributed by atoms with Gasteiger partial charge in [-0.15, -0.1) is 0 Å². The average molecular weight is 372 g/mol. The van der Waals surface area contributed by atoms with Gasteiger partial charge in [-0.3, -0.25) is 4.79 Å². The van der Waals surface area contributed by atoms with Crippen molar-refractivity contribution in [1.82, 2.24) is 4.90 Å². The van der Waals surface area contributed by atoms with Crippen molar-refractivity contribution >= 4 is 28.5 Å². The number of benzene rings is 2. The van der Waals surface area contributed by atoms with Crippen LogP contribution in [0.5, 0.6) is 11.5 Å². The highest BCUT2D eigenvalue weighted by molar-refractivity contribution is 6.31. The van der Waals surface area contributed by atoms with Crippen molar-refractivity contribution in [2.75, 3.05) is 20.3 Å². The largest absolute Gasteiger partial charge is 0.486 e. The SMILES string of the molecule is Cc1c(C(=O)N(C)Cc2ccc3c(c2)OCCO3)oc2ccc(Cl)cc12. The molecular formula is C20H18ClNO4. The van der Waals surface area contributed by atoms with Crippen molar-refractivity contribution in [2.45, 2.75) is 13.5 Å². The molecule has 0 fully saturated rings. The maximum absolute atomic E-state index is 12.9. The Morgan fingerprint density at radius 3 is 2.69 bits per heavy atom. The molecule has 0 unspecified atom stereocenters. The van der Waals surface area contributed by atoms with E-state index in [2.05, 4.69) is 0 Å². The third-order valence-electron chi connectivity index (χ3n) is 4.47. The first-order valence-corrected chi connectivity index (χ1v) is 8.73. The monoisotopic (exact) mass is 371 g/mol. The third-order valence-corrected chi connectivity index (χ3v) is 4.70. The molecule has 0 N–H and O–H groups in total. The molecule has 0 saturated heterocycles. The summed E-state index contributed by atoms with van der Waals surface area (Å²) in [4.78, 5) is 14.5. The number of amides is 1. The van der Waals surface area contributed by atoms with Gasteiger partial charge in [0.1, 0.15) is 18.8 Å². The molecular weight excluding hydrogens is 354 g/mol. The molecule has 2 heterocycles. The van der Waals surface area contributed by atoms with E-state index in [1.54, 1.807) is 24.1 Å². The molecule has 26 heavy (non-hydrogen) atoms. The molecule has 0 bridgehead atoms. The van der Waals surface area contributed by atoms with Gasteiger partial charge in [0.05, 0.1) is 0 Å². The van der Waals surface area contributed by atoms with E-state index in [1.807, 2.05) is 31.2 Å². The van der Waals surface area contributed by atoms with Crippen LogP contribution < -0.4 is 9.47 Å². The lowest BCUT2D eigenvalue weighted by molar-refractivity contribution is 0.0754. The van der Waals surface area contributed by atoms with Gasteiger partial charge in [-0.1, -0.05) is 17.7 Å². The number of halogens is 1. The summed E-state index contributed by atoms with van der Waals surface area (Å²) in [5, 5.41) is 1.47. The molecule has 1 amide bonds. The fourth-order valence-electron chi connectivity index (χ4n) is 3.10. The first-order chi connectivity index (χ1) is 12.5. The summed E-state index contributed by atoms with van der Waals surface area (Å²) in [6.07, 6.45) is 0. The molecule has 1 aromatic heterocycles. The smallest absolute Gasteiger partial charge is 0.289 e. The molecule has 2 aromatic carbocycles. The zero-order chi connectivity index (χ0) is 18.3. The molecule has 0 aliphatic carbocycles. The Morgan fingerprint density at radius 1 is 1.12 bits per heavy atom. The number of fused-ring (bicyclic) bond motifs is 2. The van der Waals surface area contributed by atoms with Gasteiger partial charge in [-0.05, 0) is 42.8 Å². The Bertz CT molecular complexity index is 995. The van der Waals surface area contributed by atoms with Gasteiger partial charge in [-0.2, -0.15) is 0 Å². The fraction of sp³-hybridized carbons (Fsp3) is 0.250. The van der Waals surface area contributed by atoms with Gasteiger partial charge in [0.2, 0.25) is 0 Å². The number of carbonyl (C=O) groups excluding carboxylic acids is 1. The Hall–Kier alpha value is -2.66. The molecule has 3 aromatic rings. The van der Waals surface area contributed by atoms with E-state index < -0.39 is 0 Å². The van der Waals surface area contributed by atoms with Gasteiger partial charge in [0.15, 0.2) is 17.3 Å². The topological polar surface area (TPSA) is 51.9 Å². The molecule has 0 spiro atoms. The van der Waals surface area contributed by atoms with Gasteiger partial charge >= 0.3 is 0 Å². The van der Waals surface area contributed by atoms with E-state index >= 15 is 0 Å². The van der Waals surface area contributed by atoms with Crippen LogP contribution in [0.1, 0.15) is 21.7 Å². The molecule has 5 nitrogen and oxygen atoms in total. The highest BCUT2D eigenvalue weighted by atomic mass is 35.5. The number of rotatable bonds is 3. The quantitative estimate of drug-likeness (QED) is 0.683. The number of furan rings is 1. The number of ether oxygens (including phenoxy) is 2. The summed E-state index contributed by atoms with van der Waals surface area (Å²) in [6.45, 7) is 3.39. The molecule has 1 aliphatic rings. The van der Waals surface area contributed by atoms with E-state index in [1.165, 1.54) is 0 Å². The number of hydrogen-bond donors (Lipinski definition) is 0. The van der Waals surface area contributed by atoms with E-state index in [-0.39, 0.29) is 5.91 Å². The van der Waals surface area contributed by atoms with Crippen LogP contribution in [0, 0.1) is 6.92 Å². The van der Waals surface area contributed by atoms with Crippen LogP contribution in [0.25, 0.3) is 11.0 Å². The Labute approximate surface area is 156 Å². The van der Waals surface area contributed by atoms with Crippen molar-refractivity contribution < 1.29 is 18.7 Å². The first-order valence-electron chi connectivity index (χ1n) is 8.35. The zero-order valence-electron chi connectivity index (χ0n) is 14.5. The van der Waals surface area contributed by atoms with Crippen molar-refractivity contribution in [3.63, 3.8) is 0 Å². The number of aryl methyl sites for hydroxylation is 1. The number of carbonyl (C=O) groups is 1. The summed E-state index contributed by atoms with van der Waals surface area (Å²) in [5.74, 6) is 1.61. The summed E-state index contributed by atoms with van der Waals surface area (Å²) in [7, 11) is 1.75. The predicted molar refractivity (Wildman–Crippen MR) is 99.2 cm³/mol. The number of nitrogens with zero attached hydrogens (tertiary/aromatic N) is 1. The molecule has 1 aliphatic heterocycles. The fourth-order valence-corrected chi connectivity index (χ4v) is 3.27. The second-order valence-electron chi connectivity index (χ2n) is 6.34. The highest BCUT2D eigenvalue weighted by Gasteiger charge is 2.22. The first kappa shape index (κ1) is 16.8. The zero-order valence-corrected chi connectivity index (χ0v) is 15.3. The lowest BCUT2D eigenvalue weighted by Gasteiger charge is -2.21. The van der Waals surface area contributed by atoms with Crippen molar-refractivity contribution in [3.05, 3.63) is 58.3 Å². The molecule has 134 valence electrons. The minimum absolute atomic E-state index is 0.176. The molecule has 0 atom stereocenters. The summed E-state index contributed by atoms with van der Waals surface area (Å²) in [5.41, 5.74) is 2.41. The number of hydrogen-bond acceptors (Lipinski definition) is 4. The van der Waals surface area contributed by atoms with Gasteiger partial charge in [0, 0.05) is 29.6 Å². The lowest BCUT2D eigenvalue weighted by atomic mass is 10.1. The normalized spacial score (nSPS) is 13.0. The van der Waals surface area contributed by atoms with Crippen LogP contribution in [0.2, 0.25) is 5.02 Å².